The highest BCUT2D eigenvalue weighted by Crippen LogP contribution is 2.32. The molecule has 0 radical (unpaired) electrons. The summed E-state index contributed by atoms with van der Waals surface area (Å²) in [5.41, 5.74) is 2.32. The molecule has 1 aromatic rings. The summed E-state index contributed by atoms with van der Waals surface area (Å²) in [4.78, 5) is 11.7. The molecular formula is C15H17NO3. The predicted molar refractivity (Wildman–Crippen MR) is 69.2 cm³/mol. The van der Waals surface area contributed by atoms with Crippen molar-refractivity contribution in [2.24, 2.45) is 5.92 Å². The van der Waals surface area contributed by atoms with Crippen LogP contribution in [-0.2, 0) is 20.7 Å². The Bertz CT molecular complexity index is 492. The van der Waals surface area contributed by atoms with E-state index in [1.54, 1.807) is 6.92 Å². The zero-order chi connectivity index (χ0) is 13.7. The molecule has 1 aliphatic heterocycles. The number of esters is 1. The molecule has 0 amide bonds. The zero-order valence-electron chi connectivity index (χ0n) is 11.0. The van der Waals surface area contributed by atoms with Crippen LogP contribution in [0.1, 0.15) is 30.6 Å². The number of carbonyl (C=O) groups excluding carboxylic acids is 1. The molecule has 2 rings (SSSR count). The van der Waals surface area contributed by atoms with Gasteiger partial charge in [-0.05, 0) is 24.5 Å². The molecule has 0 spiro atoms. The fourth-order valence-electron chi connectivity index (χ4n) is 2.33. The van der Waals surface area contributed by atoms with Crippen molar-refractivity contribution in [1.29, 1.82) is 5.26 Å². The van der Waals surface area contributed by atoms with E-state index in [-0.39, 0.29) is 6.10 Å². The molecule has 1 aliphatic rings. The Balaban J connectivity index is 2.11. The molecule has 100 valence electrons. The summed E-state index contributed by atoms with van der Waals surface area (Å²) < 4.78 is 10.6. The molecule has 0 aliphatic carbocycles. The van der Waals surface area contributed by atoms with Gasteiger partial charge in [-0.1, -0.05) is 24.3 Å². The second kappa shape index (κ2) is 6.35. The lowest BCUT2D eigenvalue weighted by Crippen LogP contribution is -2.23. The summed E-state index contributed by atoms with van der Waals surface area (Å²) in [7, 11) is 0. The van der Waals surface area contributed by atoms with Crippen molar-refractivity contribution in [3.63, 3.8) is 0 Å². The van der Waals surface area contributed by atoms with Crippen LogP contribution in [0.5, 0.6) is 0 Å². The van der Waals surface area contributed by atoms with E-state index in [1.165, 1.54) is 5.56 Å². The molecule has 2 unspecified atom stereocenters. The highest BCUT2D eigenvalue weighted by atomic mass is 16.5. The lowest BCUT2D eigenvalue weighted by molar-refractivity contribution is -0.147. The first-order chi connectivity index (χ1) is 9.26. The van der Waals surface area contributed by atoms with E-state index in [4.69, 9.17) is 14.7 Å². The van der Waals surface area contributed by atoms with Gasteiger partial charge in [-0.3, -0.25) is 4.79 Å². The Labute approximate surface area is 112 Å². The Hall–Kier alpha value is -1.86. The van der Waals surface area contributed by atoms with Crippen LogP contribution in [-0.4, -0.2) is 19.2 Å². The minimum Gasteiger partial charge on any atom is -0.465 e. The molecule has 0 saturated carbocycles. The summed E-state index contributed by atoms with van der Waals surface area (Å²) in [5, 5.41) is 9.10. The quantitative estimate of drug-likeness (QED) is 0.779. The van der Waals surface area contributed by atoms with Gasteiger partial charge in [-0.15, -0.1) is 0 Å². The van der Waals surface area contributed by atoms with Crippen molar-refractivity contribution in [3.8, 4) is 6.07 Å². The number of hydrogen-bond donors (Lipinski definition) is 0. The van der Waals surface area contributed by atoms with Crippen LogP contribution in [0.15, 0.2) is 24.3 Å². The van der Waals surface area contributed by atoms with Crippen LogP contribution in [0.25, 0.3) is 0 Å². The minimum absolute atomic E-state index is 0.195. The first-order valence-electron chi connectivity index (χ1n) is 6.52. The number of rotatable bonds is 4. The molecule has 0 fully saturated rings. The topological polar surface area (TPSA) is 59.3 Å². The van der Waals surface area contributed by atoms with Gasteiger partial charge in [0.1, 0.15) is 5.92 Å². The maximum absolute atomic E-state index is 11.7. The summed E-state index contributed by atoms with van der Waals surface area (Å²) in [5.74, 6) is -1.23. The molecule has 1 aromatic carbocycles. The van der Waals surface area contributed by atoms with Crippen LogP contribution < -0.4 is 0 Å². The van der Waals surface area contributed by atoms with E-state index >= 15 is 0 Å². The maximum atomic E-state index is 11.7. The molecule has 0 aromatic heterocycles. The van der Waals surface area contributed by atoms with E-state index in [0.717, 1.165) is 12.0 Å². The van der Waals surface area contributed by atoms with Crippen LogP contribution in [0.4, 0.5) is 0 Å². The van der Waals surface area contributed by atoms with Crippen LogP contribution in [0.3, 0.4) is 0 Å². The number of benzene rings is 1. The zero-order valence-corrected chi connectivity index (χ0v) is 11.0. The van der Waals surface area contributed by atoms with Gasteiger partial charge in [0.15, 0.2) is 0 Å². The summed E-state index contributed by atoms with van der Waals surface area (Å²) >= 11 is 0. The standard InChI is InChI=1S/C15H17NO3/c1-2-18-15(17)12(10-16)9-14-13-6-4-3-5-11(13)7-8-19-14/h3-6,12,14H,2,7-9H2,1H3. The second-order valence-corrected chi connectivity index (χ2v) is 4.48. The lowest BCUT2D eigenvalue weighted by atomic mass is 9.91. The van der Waals surface area contributed by atoms with Crippen molar-refractivity contribution in [2.75, 3.05) is 13.2 Å². The lowest BCUT2D eigenvalue weighted by Gasteiger charge is -2.26. The molecular weight excluding hydrogens is 242 g/mol. The number of hydrogen-bond acceptors (Lipinski definition) is 4. The molecule has 1 heterocycles. The van der Waals surface area contributed by atoms with Gasteiger partial charge >= 0.3 is 5.97 Å². The number of fused-ring (bicyclic) bond motifs is 1. The molecule has 0 N–H and O–H groups in total. The molecule has 2 atom stereocenters. The van der Waals surface area contributed by atoms with E-state index < -0.39 is 11.9 Å². The van der Waals surface area contributed by atoms with Gasteiger partial charge < -0.3 is 9.47 Å². The summed E-state index contributed by atoms with van der Waals surface area (Å²) in [6.07, 6.45) is 1.04. The molecule has 0 bridgehead atoms. The van der Waals surface area contributed by atoms with E-state index in [2.05, 4.69) is 6.07 Å². The average Bonchev–Trinajstić information content (AvgIpc) is 2.45. The number of nitriles is 1. The monoisotopic (exact) mass is 259 g/mol. The van der Waals surface area contributed by atoms with Crippen molar-refractivity contribution < 1.29 is 14.3 Å². The largest absolute Gasteiger partial charge is 0.465 e. The van der Waals surface area contributed by atoms with E-state index in [0.29, 0.717) is 19.6 Å². The van der Waals surface area contributed by atoms with Gasteiger partial charge in [0.25, 0.3) is 0 Å². The summed E-state index contributed by atoms with van der Waals surface area (Å²) in [6, 6.07) is 10.0. The van der Waals surface area contributed by atoms with E-state index in [1.807, 2.05) is 24.3 Å². The van der Waals surface area contributed by atoms with Crippen molar-refractivity contribution in [1.82, 2.24) is 0 Å². The fourth-order valence-corrected chi connectivity index (χ4v) is 2.33. The third kappa shape index (κ3) is 3.12. The minimum atomic E-state index is -0.767. The van der Waals surface area contributed by atoms with Gasteiger partial charge in [0.2, 0.25) is 0 Å². The van der Waals surface area contributed by atoms with Crippen molar-refractivity contribution in [3.05, 3.63) is 35.4 Å². The Morgan fingerprint density at radius 1 is 1.58 bits per heavy atom. The third-order valence-electron chi connectivity index (χ3n) is 3.27. The van der Waals surface area contributed by atoms with Gasteiger partial charge in [0, 0.05) is 6.42 Å². The first kappa shape index (κ1) is 13.6. The van der Waals surface area contributed by atoms with Crippen molar-refractivity contribution in [2.45, 2.75) is 25.9 Å². The number of nitrogens with zero attached hydrogens (tertiary/aromatic N) is 1. The van der Waals surface area contributed by atoms with E-state index in [9.17, 15) is 4.79 Å². The molecule has 4 nitrogen and oxygen atoms in total. The Morgan fingerprint density at radius 2 is 2.37 bits per heavy atom. The smallest absolute Gasteiger partial charge is 0.323 e. The van der Waals surface area contributed by atoms with Crippen molar-refractivity contribution >= 4 is 5.97 Å². The SMILES string of the molecule is CCOC(=O)C(C#N)CC1OCCc2ccccc21. The number of ether oxygens (including phenoxy) is 2. The van der Waals surface area contributed by atoms with Crippen LogP contribution >= 0.6 is 0 Å². The Kier molecular flexibility index (Phi) is 4.53. The second-order valence-electron chi connectivity index (χ2n) is 4.48. The normalized spacial score (nSPS) is 19.1. The first-order valence-corrected chi connectivity index (χ1v) is 6.52. The highest BCUT2D eigenvalue weighted by molar-refractivity contribution is 5.75. The van der Waals surface area contributed by atoms with Crippen LogP contribution in [0, 0.1) is 17.2 Å². The molecule has 4 heteroatoms. The van der Waals surface area contributed by atoms with Gasteiger partial charge in [0.05, 0.1) is 25.4 Å². The highest BCUT2D eigenvalue weighted by Gasteiger charge is 2.28. The maximum Gasteiger partial charge on any atom is 0.323 e. The third-order valence-corrected chi connectivity index (χ3v) is 3.27. The van der Waals surface area contributed by atoms with Crippen LogP contribution in [0.2, 0.25) is 0 Å². The van der Waals surface area contributed by atoms with Gasteiger partial charge in [-0.25, -0.2) is 0 Å². The fraction of sp³-hybridized carbons (Fsp3) is 0.467. The number of carbonyl (C=O) groups is 1. The molecule has 0 saturated heterocycles. The van der Waals surface area contributed by atoms with Gasteiger partial charge in [-0.2, -0.15) is 5.26 Å². The Morgan fingerprint density at radius 3 is 3.11 bits per heavy atom. The predicted octanol–water partition coefficient (Wildman–Crippen LogP) is 2.39. The average molecular weight is 259 g/mol. The summed E-state index contributed by atoms with van der Waals surface area (Å²) in [6.45, 7) is 2.65. The molecule has 19 heavy (non-hydrogen) atoms.